The van der Waals surface area contributed by atoms with Gasteiger partial charge in [0.05, 0.1) is 7.11 Å². The van der Waals surface area contributed by atoms with Gasteiger partial charge in [0, 0.05) is 6.04 Å². The smallest absolute Gasteiger partial charge is 0.119 e. The molecule has 0 heterocycles. The predicted molar refractivity (Wildman–Crippen MR) is 85.3 cm³/mol. The maximum absolute atomic E-state index is 5.32. The first-order chi connectivity index (χ1) is 9.54. The lowest BCUT2D eigenvalue weighted by atomic mass is 9.70. The molecule has 112 valence electrons. The predicted octanol–water partition coefficient (Wildman–Crippen LogP) is 4.04. The molecule has 1 saturated carbocycles. The first-order valence-corrected chi connectivity index (χ1v) is 7.84. The summed E-state index contributed by atoms with van der Waals surface area (Å²) in [4.78, 5) is 0. The highest BCUT2D eigenvalue weighted by molar-refractivity contribution is 5.29. The average molecular weight is 275 g/mol. The van der Waals surface area contributed by atoms with Gasteiger partial charge >= 0.3 is 0 Å². The number of likely N-dealkylation sites (N-methyl/N-ethyl adjacent to an activating group) is 1. The molecule has 0 aliphatic heterocycles. The van der Waals surface area contributed by atoms with E-state index in [0.717, 1.165) is 18.1 Å². The Labute approximate surface area is 123 Å². The molecule has 0 amide bonds. The summed E-state index contributed by atoms with van der Waals surface area (Å²) in [5.74, 6) is 1.77. The third-order valence-electron chi connectivity index (χ3n) is 4.91. The van der Waals surface area contributed by atoms with Gasteiger partial charge in [-0.3, -0.25) is 0 Å². The van der Waals surface area contributed by atoms with Gasteiger partial charge in [0.1, 0.15) is 5.75 Å². The quantitative estimate of drug-likeness (QED) is 0.875. The minimum absolute atomic E-state index is 0.546. The second-order valence-corrected chi connectivity index (χ2v) is 6.95. The Kier molecular flexibility index (Phi) is 5.09. The third-order valence-corrected chi connectivity index (χ3v) is 4.91. The van der Waals surface area contributed by atoms with Gasteiger partial charge in [-0.15, -0.1) is 0 Å². The van der Waals surface area contributed by atoms with Crippen LogP contribution in [0.1, 0.15) is 45.1 Å². The van der Waals surface area contributed by atoms with E-state index >= 15 is 0 Å². The van der Waals surface area contributed by atoms with Crippen molar-refractivity contribution in [3.63, 3.8) is 0 Å². The molecule has 1 aromatic carbocycles. The van der Waals surface area contributed by atoms with Gasteiger partial charge in [-0.05, 0) is 68.2 Å². The number of hydrogen-bond donors (Lipinski definition) is 1. The average Bonchev–Trinajstić information content (AvgIpc) is 2.45. The Hall–Kier alpha value is -1.02. The second-order valence-electron chi connectivity index (χ2n) is 6.95. The highest BCUT2D eigenvalue weighted by Gasteiger charge is 2.30. The second kappa shape index (κ2) is 6.62. The number of hydrogen-bond acceptors (Lipinski definition) is 2. The molecular formula is C18H29NO. The topological polar surface area (TPSA) is 21.3 Å². The van der Waals surface area contributed by atoms with Crippen LogP contribution in [0.2, 0.25) is 0 Å². The van der Waals surface area contributed by atoms with Gasteiger partial charge in [0.2, 0.25) is 0 Å². The molecule has 20 heavy (non-hydrogen) atoms. The van der Waals surface area contributed by atoms with E-state index < -0.39 is 0 Å². The Morgan fingerprint density at radius 2 is 2.00 bits per heavy atom. The summed E-state index contributed by atoms with van der Waals surface area (Å²) in [5, 5.41) is 3.54. The Morgan fingerprint density at radius 1 is 1.30 bits per heavy atom. The van der Waals surface area contributed by atoms with Crippen molar-refractivity contribution in [2.24, 2.45) is 11.3 Å². The van der Waals surface area contributed by atoms with E-state index in [0.29, 0.717) is 11.5 Å². The summed E-state index contributed by atoms with van der Waals surface area (Å²) in [6.45, 7) is 4.80. The highest BCUT2D eigenvalue weighted by Crippen LogP contribution is 2.39. The van der Waals surface area contributed by atoms with Crippen LogP contribution in [-0.4, -0.2) is 20.2 Å². The van der Waals surface area contributed by atoms with Gasteiger partial charge in [0.25, 0.3) is 0 Å². The number of ether oxygens (including phenoxy) is 1. The summed E-state index contributed by atoms with van der Waals surface area (Å²) in [7, 11) is 3.84. The molecule has 1 fully saturated rings. The molecule has 1 aliphatic rings. The van der Waals surface area contributed by atoms with Crippen molar-refractivity contribution < 1.29 is 4.74 Å². The summed E-state index contributed by atoms with van der Waals surface area (Å²) >= 11 is 0. The largest absolute Gasteiger partial charge is 0.497 e. The van der Waals surface area contributed by atoms with Crippen molar-refractivity contribution in [2.45, 2.75) is 52.0 Å². The molecule has 1 unspecified atom stereocenters. The standard InChI is InChI=1S/C18H29NO/c1-18(2)10-8-15(9-11-18)17(19-3)13-14-6-5-7-16(12-14)20-4/h5-7,12,15,17,19H,8-11,13H2,1-4H3. The van der Waals surface area contributed by atoms with E-state index in [1.165, 1.54) is 31.2 Å². The number of rotatable bonds is 5. The van der Waals surface area contributed by atoms with Crippen molar-refractivity contribution in [1.29, 1.82) is 0 Å². The van der Waals surface area contributed by atoms with Crippen molar-refractivity contribution in [3.8, 4) is 5.75 Å². The van der Waals surface area contributed by atoms with Crippen LogP contribution >= 0.6 is 0 Å². The summed E-state index contributed by atoms with van der Waals surface area (Å²) in [6.07, 6.45) is 6.51. The zero-order valence-corrected chi connectivity index (χ0v) is 13.4. The first-order valence-electron chi connectivity index (χ1n) is 7.84. The maximum Gasteiger partial charge on any atom is 0.119 e. The molecule has 0 aromatic heterocycles. The van der Waals surface area contributed by atoms with Crippen molar-refractivity contribution in [3.05, 3.63) is 29.8 Å². The van der Waals surface area contributed by atoms with Gasteiger partial charge in [-0.25, -0.2) is 0 Å². The summed E-state index contributed by atoms with van der Waals surface area (Å²) < 4.78 is 5.32. The van der Waals surface area contributed by atoms with E-state index in [-0.39, 0.29) is 0 Å². The van der Waals surface area contributed by atoms with Crippen LogP contribution in [0.4, 0.5) is 0 Å². The van der Waals surface area contributed by atoms with Gasteiger partial charge < -0.3 is 10.1 Å². The highest BCUT2D eigenvalue weighted by atomic mass is 16.5. The van der Waals surface area contributed by atoms with Crippen LogP contribution in [0.3, 0.4) is 0 Å². The molecule has 2 nitrogen and oxygen atoms in total. The number of benzene rings is 1. The van der Waals surface area contributed by atoms with E-state index in [1.807, 2.05) is 6.07 Å². The fourth-order valence-corrected chi connectivity index (χ4v) is 3.38. The van der Waals surface area contributed by atoms with Crippen molar-refractivity contribution in [2.75, 3.05) is 14.2 Å². The van der Waals surface area contributed by atoms with E-state index in [9.17, 15) is 0 Å². The zero-order valence-electron chi connectivity index (χ0n) is 13.4. The summed E-state index contributed by atoms with van der Waals surface area (Å²) in [6, 6.07) is 9.06. The molecule has 2 rings (SSSR count). The minimum Gasteiger partial charge on any atom is -0.497 e. The van der Waals surface area contributed by atoms with Crippen LogP contribution in [0, 0.1) is 11.3 Å². The van der Waals surface area contributed by atoms with Crippen LogP contribution < -0.4 is 10.1 Å². The molecule has 0 radical (unpaired) electrons. The lowest BCUT2D eigenvalue weighted by Gasteiger charge is -2.38. The van der Waals surface area contributed by atoms with Crippen LogP contribution in [0.15, 0.2) is 24.3 Å². The number of nitrogens with one attached hydrogen (secondary N) is 1. The molecule has 0 saturated heterocycles. The molecule has 2 heteroatoms. The lowest BCUT2D eigenvalue weighted by molar-refractivity contribution is 0.163. The Balaban J connectivity index is 1.98. The molecule has 1 atom stereocenters. The van der Waals surface area contributed by atoms with E-state index in [4.69, 9.17) is 4.74 Å². The van der Waals surface area contributed by atoms with Crippen LogP contribution in [-0.2, 0) is 6.42 Å². The molecular weight excluding hydrogens is 246 g/mol. The minimum atomic E-state index is 0.546. The fraction of sp³-hybridized carbons (Fsp3) is 0.667. The van der Waals surface area contributed by atoms with Gasteiger partial charge in [-0.2, -0.15) is 0 Å². The molecule has 1 aliphatic carbocycles. The summed E-state index contributed by atoms with van der Waals surface area (Å²) in [5.41, 5.74) is 1.92. The molecule has 0 bridgehead atoms. The third kappa shape index (κ3) is 3.99. The molecule has 1 aromatic rings. The van der Waals surface area contributed by atoms with Crippen LogP contribution in [0.25, 0.3) is 0 Å². The normalized spacial score (nSPS) is 20.6. The Bertz CT molecular complexity index is 417. The first kappa shape index (κ1) is 15.4. The van der Waals surface area contributed by atoms with E-state index in [2.05, 4.69) is 44.4 Å². The SMILES string of the molecule is CNC(Cc1cccc(OC)c1)C1CCC(C)(C)CC1. The zero-order chi connectivity index (χ0) is 14.6. The van der Waals surface area contributed by atoms with Crippen LogP contribution in [0.5, 0.6) is 5.75 Å². The lowest BCUT2D eigenvalue weighted by Crippen LogP contribution is -2.38. The van der Waals surface area contributed by atoms with Crippen molar-refractivity contribution >= 4 is 0 Å². The van der Waals surface area contributed by atoms with Gasteiger partial charge in [-0.1, -0.05) is 26.0 Å². The molecule has 1 N–H and O–H groups in total. The van der Waals surface area contributed by atoms with Crippen molar-refractivity contribution in [1.82, 2.24) is 5.32 Å². The Morgan fingerprint density at radius 3 is 2.60 bits per heavy atom. The van der Waals surface area contributed by atoms with E-state index in [1.54, 1.807) is 7.11 Å². The number of methoxy groups -OCH3 is 1. The fourth-order valence-electron chi connectivity index (χ4n) is 3.38. The maximum atomic E-state index is 5.32. The monoisotopic (exact) mass is 275 g/mol. The molecule has 0 spiro atoms. The van der Waals surface area contributed by atoms with Gasteiger partial charge in [0.15, 0.2) is 0 Å².